The van der Waals surface area contributed by atoms with Crippen molar-refractivity contribution in [3.63, 3.8) is 0 Å². The Hall–Kier alpha value is 1.94. The van der Waals surface area contributed by atoms with Crippen LogP contribution < -0.4 is 0 Å². The van der Waals surface area contributed by atoms with Crippen molar-refractivity contribution in [2.24, 2.45) is 0 Å². The third kappa shape index (κ3) is 15.7. The van der Waals surface area contributed by atoms with Crippen LogP contribution in [0.25, 0.3) is 0 Å². The molecule has 0 bridgehead atoms. The van der Waals surface area contributed by atoms with Crippen molar-refractivity contribution in [2.45, 2.75) is 156 Å². The quantitative estimate of drug-likeness (QED) is 0.0637. The molecule has 0 aromatic carbocycles. The van der Waals surface area contributed by atoms with Crippen LogP contribution in [0.5, 0.6) is 0 Å². The predicted octanol–water partition coefficient (Wildman–Crippen LogP) is 9.38. The lowest BCUT2D eigenvalue weighted by atomic mass is 10.5. The molecule has 0 rings (SSSR count). The minimum atomic E-state index is -2.93. The molecule has 0 aliphatic rings. The SMILES string of the molecule is CCC(SSSSSC(CC)[Si](OC(C)C)(OC(C)C)OC(C)C)[Si](OC(C)C)(OC(C)C)OC(C)C. The minimum absolute atomic E-state index is 0.0349. The Labute approximate surface area is 250 Å². The molecule has 0 heterocycles. The zero-order chi connectivity index (χ0) is 28.8. The minimum Gasteiger partial charge on any atom is -0.370 e. The van der Waals surface area contributed by atoms with Crippen LogP contribution in [0.2, 0.25) is 0 Å². The van der Waals surface area contributed by atoms with E-state index in [4.69, 9.17) is 26.6 Å². The first-order valence-electron chi connectivity index (χ1n) is 13.5. The van der Waals surface area contributed by atoms with E-state index in [-0.39, 0.29) is 46.4 Å². The average molecular weight is 655 g/mol. The highest BCUT2D eigenvalue weighted by atomic mass is 33.8. The highest BCUT2D eigenvalue weighted by Crippen LogP contribution is 2.54. The molecule has 0 N–H and O–H groups in total. The lowest BCUT2D eigenvalue weighted by molar-refractivity contribution is 0.000493. The number of hydrogen-bond donors (Lipinski definition) is 0. The maximum absolute atomic E-state index is 6.48. The first kappa shape index (κ1) is 38.9. The summed E-state index contributed by atoms with van der Waals surface area (Å²) in [6.07, 6.45) is 2.03. The largest absolute Gasteiger partial charge is 0.516 e. The Balaban J connectivity index is 5.46. The van der Waals surface area contributed by atoms with Crippen LogP contribution in [0, 0.1) is 0 Å². The monoisotopic (exact) mass is 654 g/mol. The van der Waals surface area contributed by atoms with Gasteiger partial charge in [-0.1, -0.05) is 35.4 Å². The van der Waals surface area contributed by atoms with Crippen LogP contribution in [0.3, 0.4) is 0 Å². The Morgan fingerprint density at radius 2 is 0.622 bits per heavy atom. The number of rotatable bonds is 22. The third-order valence-corrected chi connectivity index (χ3v) is 24.0. The normalized spacial score (nSPS) is 15.2. The van der Waals surface area contributed by atoms with Gasteiger partial charge in [0, 0.05) is 36.6 Å². The first-order valence-corrected chi connectivity index (χ1v) is 23.4. The van der Waals surface area contributed by atoms with E-state index in [0.717, 1.165) is 12.8 Å². The molecule has 0 aromatic heterocycles. The summed E-state index contributed by atoms with van der Waals surface area (Å²) in [5.74, 6) is 0. The van der Waals surface area contributed by atoms with Gasteiger partial charge >= 0.3 is 17.6 Å². The molecule has 0 aliphatic heterocycles. The van der Waals surface area contributed by atoms with E-state index in [0.29, 0.717) is 0 Å². The van der Waals surface area contributed by atoms with Gasteiger partial charge in [0.05, 0.1) is 9.75 Å². The van der Waals surface area contributed by atoms with Crippen LogP contribution >= 0.6 is 51.1 Å². The van der Waals surface area contributed by atoms with E-state index < -0.39 is 17.6 Å². The summed E-state index contributed by atoms with van der Waals surface area (Å²) in [7, 11) is 3.03. The molecule has 0 fully saturated rings. The third-order valence-electron chi connectivity index (χ3n) is 4.30. The summed E-state index contributed by atoms with van der Waals surface area (Å²) < 4.78 is 38.9. The van der Waals surface area contributed by atoms with Crippen molar-refractivity contribution in [3.05, 3.63) is 0 Å². The molecule has 0 aromatic rings. The fourth-order valence-electron chi connectivity index (χ4n) is 3.49. The molecular weight excluding hydrogens is 601 g/mol. The highest BCUT2D eigenvalue weighted by molar-refractivity contribution is 9.35. The molecular formula is C24H54O6S5Si2. The van der Waals surface area contributed by atoms with Gasteiger partial charge in [-0.05, 0) is 125 Å². The molecule has 224 valence electrons. The van der Waals surface area contributed by atoms with Crippen LogP contribution in [0.1, 0.15) is 110 Å². The molecule has 0 saturated heterocycles. The topological polar surface area (TPSA) is 55.4 Å². The van der Waals surface area contributed by atoms with Gasteiger partial charge in [0.15, 0.2) is 0 Å². The van der Waals surface area contributed by atoms with E-state index in [1.165, 1.54) is 0 Å². The van der Waals surface area contributed by atoms with Crippen LogP contribution in [0.4, 0.5) is 0 Å². The lowest BCUT2D eigenvalue weighted by Crippen LogP contribution is -2.58. The summed E-state index contributed by atoms with van der Waals surface area (Å²) in [5.41, 5.74) is 0. The lowest BCUT2D eigenvalue weighted by Gasteiger charge is -2.39. The zero-order valence-electron chi connectivity index (χ0n) is 25.5. The van der Waals surface area contributed by atoms with Gasteiger partial charge in [0.1, 0.15) is 0 Å². The maximum atomic E-state index is 6.48. The average Bonchev–Trinajstić information content (AvgIpc) is 2.69. The van der Waals surface area contributed by atoms with Crippen molar-refractivity contribution in [1.29, 1.82) is 0 Å². The summed E-state index contributed by atoms with van der Waals surface area (Å²) in [5, 5.41) is 0. The fraction of sp³-hybridized carbons (Fsp3) is 1.00. The van der Waals surface area contributed by atoms with E-state index in [1.807, 2.05) is 0 Å². The van der Waals surface area contributed by atoms with Gasteiger partial charge in [-0.25, -0.2) is 0 Å². The fourth-order valence-corrected chi connectivity index (χ4v) is 24.7. The first-order chi connectivity index (χ1) is 17.1. The molecule has 0 amide bonds. The summed E-state index contributed by atoms with van der Waals surface area (Å²) in [6.45, 7) is 29.0. The predicted molar refractivity (Wildman–Crippen MR) is 175 cm³/mol. The van der Waals surface area contributed by atoms with Crippen molar-refractivity contribution in [1.82, 2.24) is 0 Å². The molecule has 2 atom stereocenters. The maximum Gasteiger partial charge on any atom is 0.516 e. The molecule has 0 saturated carbocycles. The summed E-state index contributed by atoms with van der Waals surface area (Å²) in [4.78, 5) is 0.270. The summed E-state index contributed by atoms with van der Waals surface area (Å²) in [6, 6.07) is 0. The van der Waals surface area contributed by atoms with Crippen molar-refractivity contribution in [2.75, 3.05) is 0 Å². The van der Waals surface area contributed by atoms with Crippen molar-refractivity contribution < 1.29 is 26.6 Å². The van der Waals surface area contributed by atoms with Crippen molar-refractivity contribution in [3.8, 4) is 0 Å². The van der Waals surface area contributed by atoms with Crippen molar-refractivity contribution >= 4 is 68.7 Å². The second-order valence-electron chi connectivity index (χ2n) is 10.4. The van der Waals surface area contributed by atoms with Gasteiger partial charge < -0.3 is 26.6 Å². The van der Waals surface area contributed by atoms with Crippen LogP contribution in [0.15, 0.2) is 0 Å². The van der Waals surface area contributed by atoms with Gasteiger partial charge in [-0.3, -0.25) is 0 Å². The molecule has 0 radical (unpaired) electrons. The highest BCUT2D eigenvalue weighted by Gasteiger charge is 2.53. The van der Waals surface area contributed by atoms with Gasteiger partial charge in [0.25, 0.3) is 0 Å². The molecule has 6 nitrogen and oxygen atoms in total. The number of hydrogen-bond acceptors (Lipinski definition) is 11. The summed E-state index contributed by atoms with van der Waals surface area (Å²) >= 11 is 0. The van der Waals surface area contributed by atoms with Gasteiger partial charge in [-0.2, -0.15) is 0 Å². The van der Waals surface area contributed by atoms with E-state index >= 15 is 0 Å². The van der Waals surface area contributed by atoms with E-state index in [2.05, 4.69) is 96.9 Å². The Morgan fingerprint density at radius 1 is 0.405 bits per heavy atom. The molecule has 2 unspecified atom stereocenters. The molecule has 0 aliphatic carbocycles. The van der Waals surface area contributed by atoms with Gasteiger partial charge in [0.2, 0.25) is 0 Å². The second kappa shape index (κ2) is 20.0. The van der Waals surface area contributed by atoms with E-state index in [9.17, 15) is 0 Å². The molecule has 13 heteroatoms. The van der Waals surface area contributed by atoms with E-state index in [1.54, 1.807) is 51.1 Å². The van der Waals surface area contributed by atoms with Gasteiger partial charge in [-0.15, -0.1) is 0 Å². The molecule has 0 spiro atoms. The Morgan fingerprint density at radius 3 is 0.784 bits per heavy atom. The second-order valence-corrected chi connectivity index (χ2v) is 24.4. The van der Waals surface area contributed by atoms with Crippen LogP contribution in [-0.4, -0.2) is 64.0 Å². The van der Waals surface area contributed by atoms with Crippen LogP contribution in [-0.2, 0) is 26.6 Å². The molecule has 37 heavy (non-hydrogen) atoms. The standard InChI is InChI=1S/C24H54O6S5Si2/c1-15-23(36(25-17(3)4,26-18(5)6)27-19(7)8)31-33-35-34-32-24(16-2)37(28-20(9)10,29-21(11)12)30-22(13)14/h17-24H,15-16H2,1-14H3. The Kier molecular flexibility index (Phi) is 21.0. The zero-order valence-corrected chi connectivity index (χ0v) is 31.6. The smallest absolute Gasteiger partial charge is 0.370 e. The Bertz CT molecular complexity index is 487.